The van der Waals surface area contributed by atoms with Gasteiger partial charge in [-0.2, -0.15) is 5.11 Å². The first-order valence-electron chi connectivity index (χ1n) is 8.82. The van der Waals surface area contributed by atoms with Crippen molar-refractivity contribution in [1.29, 1.82) is 0 Å². The summed E-state index contributed by atoms with van der Waals surface area (Å²) < 4.78 is 20.7. The van der Waals surface area contributed by atoms with Gasteiger partial charge in [0.15, 0.2) is 11.5 Å². The Morgan fingerprint density at radius 2 is 1.42 bits per heavy atom. The predicted octanol–water partition coefficient (Wildman–Crippen LogP) is 4.71. The number of benzene rings is 2. The zero-order valence-electron chi connectivity index (χ0n) is 17.5. The minimum absolute atomic E-state index is 0.118. The molecule has 31 heavy (non-hydrogen) atoms. The molecule has 0 aliphatic heterocycles. The quantitative estimate of drug-likeness (QED) is 0.420. The Labute approximate surface area is 189 Å². The van der Waals surface area contributed by atoms with Crippen molar-refractivity contribution in [2.75, 3.05) is 33.8 Å². The molecule has 1 atom stereocenters. The lowest BCUT2D eigenvalue weighted by Gasteiger charge is -2.15. The van der Waals surface area contributed by atoms with Crippen molar-refractivity contribution in [2.45, 2.75) is 13.0 Å². The van der Waals surface area contributed by atoms with Gasteiger partial charge in [-0.3, -0.25) is 9.59 Å². The van der Waals surface area contributed by atoms with Gasteiger partial charge in [0.05, 0.1) is 34.1 Å². The lowest BCUT2D eigenvalue weighted by Crippen LogP contribution is -2.32. The van der Waals surface area contributed by atoms with Crippen molar-refractivity contribution in [3.63, 3.8) is 0 Å². The van der Waals surface area contributed by atoms with Gasteiger partial charge in [0.25, 0.3) is 5.91 Å². The molecule has 0 heterocycles. The lowest BCUT2D eigenvalue weighted by atomic mass is 10.2. The average Bonchev–Trinajstić information content (AvgIpc) is 2.74. The number of amides is 1. The van der Waals surface area contributed by atoms with Crippen LogP contribution in [0.4, 0.5) is 11.4 Å². The van der Waals surface area contributed by atoms with Crippen LogP contribution in [0.3, 0.4) is 0 Å². The molecule has 2 aromatic carbocycles. The van der Waals surface area contributed by atoms with Crippen LogP contribution >= 0.6 is 23.2 Å². The van der Waals surface area contributed by atoms with Crippen LogP contribution in [0.2, 0.25) is 10.0 Å². The van der Waals surface area contributed by atoms with E-state index in [4.69, 9.17) is 42.1 Å². The largest absolute Gasteiger partial charge is 0.495 e. The van der Waals surface area contributed by atoms with E-state index in [9.17, 15) is 9.59 Å². The molecule has 11 heteroatoms. The molecular weight excluding hydrogens is 449 g/mol. The number of anilines is 1. The van der Waals surface area contributed by atoms with Gasteiger partial charge in [0.2, 0.25) is 6.04 Å². The Bertz CT molecular complexity index is 1010. The van der Waals surface area contributed by atoms with Crippen molar-refractivity contribution in [1.82, 2.24) is 0 Å². The first-order valence-corrected chi connectivity index (χ1v) is 9.57. The van der Waals surface area contributed by atoms with Gasteiger partial charge in [-0.1, -0.05) is 23.2 Å². The normalized spacial score (nSPS) is 11.7. The highest BCUT2D eigenvalue weighted by molar-refractivity contribution is 6.35. The van der Waals surface area contributed by atoms with Gasteiger partial charge < -0.3 is 24.3 Å². The lowest BCUT2D eigenvalue weighted by molar-refractivity contribution is -0.126. The molecule has 0 radical (unpaired) electrons. The van der Waals surface area contributed by atoms with Crippen LogP contribution in [0.1, 0.15) is 6.92 Å². The highest BCUT2D eigenvalue weighted by atomic mass is 35.5. The summed E-state index contributed by atoms with van der Waals surface area (Å²) >= 11 is 12.5. The van der Waals surface area contributed by atoms with Crippen molar-refractivity contribution in [3.8, 4) is 23.0 Å². The van der Waals surface area contributed by atoms with E-state index in [1.807, 2.05) is 0 Å². The summed E-state index contributed by atoms with van der Waals surface area (Å²) in [5.41, 5.74) is 0.351. The van der Waals surface area contributed by atoms with E-state index >= 15 is 0 Å². The number of halogens is 2. The number of ether oxygens (including phenoxy) is 4. The molecule has 166 valence electrons. The topological polar surface area (TPSA) is 108 Å². The van der Waals surface area contributed by atoms with Gasteiger partial charge in [-0.15, -0.1) is 5.11 Å². The van der Waals surface area contributed by atoms with E-state index in [1.54, 1.807) is 18.2 Å². The summed E-state index contributed by atoms with van der Waals surface area (Å²) in [7, 11) is 5.69. The number of nitrogens with zero attached hydrogens (tertiary/aromatic N) is 2. The van der Waals surface area contributed by atoms with Crippen LogP contribution in [0.15, 0.2) is 34.5 Å². The van der Waals surface area contributed by atoms with Gasteiger partial charge in [0, 0.05) is 0 Å². The molecule has 0 bridgehead atoms. The fourth-order valence-electron chi connectivity index (χ4n) is 2.57. The maximum atomic E-state index is 12.8. The van der Waals surface area contributed by atoms with Crippen LogP contribution in [0.5, 0.6) is 23.0 Å². The van der Waals surface area contributed by atoms with E-state index in [-0.39, 0.29) is 27.2 Å². The second-order valence-electron chi connectivity index (χ2n) is 6.01. The zero-order chi connectivity index (χ0) is 23.1. The van der Waals surface area contributed by atoms with Crippen molar-refractivity contribution >= 4 is 46.3 Å². The summed E-state index contributed by atoms with van der Waals surface area (Å²) in [6.07, 6.45) is 0. The van der Waals surface area contributed by atoms with Gasteiger partial charge in [0.1, 0.15) is 33.0 Å². The molecule has 1 unspecified atom stereocenters. The minimum Gasteiger partial charge on any atom is -0.495 e. The Balaban J connectivity index is 2.37. The Hall–Kier alpha value is -3.04. The second-order valence-corrected chi connectivity index (χ2v) is 6.77. The molecule has 0 aliphatic rings. The molecule has 0 aliphatic carbocycles. The average molecular weight is 470 g/mol. The molecule has 1 amide bonds. The monoisotopic (exact) mass is 469 g/mol. The molecule has 9 nitrogen and oxygen atoms in total. The van der Waals surface area contributed by atoms with Crippen LogP contribution in [-0.2, 0) is 9.59 Å². The fourth-order valence-corrected chi connectivity index (χ4v) is 3.16. The standard InChI is InChI=1S/C20H21Cl2N3O6/c1-10(26)17(24-25-18-14(30-4)9-8-12(28-2)15(18)21)20(27)23-11-6-7-13(29-3)16(22)19(11)31-5/h6-9,17H,1-5H3,(H,23,27). The number of ketones is 1. The number of Topliss-reactive ketones (excluding diaryl/α,β-unsaturated/α-hetero) is 1. The van der Waals surface area contributed by atoms with E-state index in [2.05, 4.69) is 15.5 Å². The van der Waals surface area contributed by atoms with Gasteiger partial charge in [-0.25, -0.2) is 0 Å². The van der Waals surface area contributed by atoms with E-state index < -0.39 is 17.7 Å². The smallest absolute Gasteiger partial charge is 0.258 e. The number of methoxy groups -OCH3 is 4. The number of rotatable bonds is 9. The molecule has 0 fully saturated rings. The number of hydrogen-bond acceptors (Lipinski definition) is 8. The van der Waals surface area contributed by atoms with Crippen molar-refractivity contribution in [3.05, 3.63) is 34.3 Å². The van der Waals surface area contributed by atoms with Crippen LogP contribution < -0.4 is 24.3 Å². The second kappa shape index (κ2) is 10.8. The van der Waals surface area contributed by atoms with Crippen LogP contribution in [0.25, 0.3) is 0 Å². The predicted molar refractivity (Wildman–Crippen MR) is 117 cm³/mol. The number of carbonyl (C=O) groups is 2. The number of azo groups is 1. The number of nitrogens with one attached hydrogen (secondary N) is 1. The van der Waals surface area contributed by atoms with E-state index in [0.29, 0.717) is 17.2 Å². The summed E-state index contributed by atoms with van der Waals surface area (Å²) in [5, 5.41) is 10.7. The van der Waals surface area contributed by atoms with Gasteiger partial charge >= 0.3 is 0 Å². The maximum Gasteiger partial charge on any atom is 0.258 e. The Morgan fingerprint density at radius 3 is 1.97 bits per heavy atom. The Kier molecular flexibility index (Phi) is 8.47. The van der Waals surface area contributed by atoms with Crippen LogP contribution in [-0.4, -0.2) is 46.2 Å². The first-order chi connectivity index (χ1) is 14.8. The van der Waals surface area contributed by atoms with Gasteiger partial charge in [-0.05, 0) is 31.2 Å². The number of carbonyl (C=O) groups excluding carboxylic acids is 2. The Morgan fingerprint density at radius 1 is 0.871 bits per heavy atom. The molecular formula is C20H21Cl2N3O6. The third kappa shape index (κ3) is 5.36. The van der Waals surface area contributed by atoms with E-state index in [1.165, 1.54) is 41.4 Å². The fraction of sp³-hybridized carbons (Fsp3) is 0.300. The van der Waals surface area contributed by atoms with Crippen molar-refractivity contribution < 1.29 is 28.5 Å². The SMILES string of the molecule is COc1ccc(OC)c(N=NC(C(C)=O)C(=O)Nc2ccc(OC)c(Cl)c2OC)c1Cl. The third-order valence-electron chi connectivity index (χ3n) is 4.13. The highest BCUT2D eigenvalue weighted by Crippen LogP contribution is 2.42. The van der Waals surface area contributed by atoms with Crippen molar-refractivity contribution in [2.24, 2.45) is 10.2 Å². The highest BCUT2D eigenvalue weighted by Gasteiger charge is 2.26. The minimum atomic E-state index is -1.46. The third-order valence-corrected chi connectivity index (χ3v) is 4.86. The molecule has 0 saturated carbocycles. The molecule has 2 rings (SSSR count). The van der Waals surface area contributed by atoms with Crippen LogP contribution in [0, 0.1) is 0 Å². The first kappa shape index (κ1) is 24.2. The van der Waals surface area contributed by atoms with E-state index in [0.717, 1.165) is 0 Å². The maximum absolute atomic E-state index is 12.8. The molecule has 0 saturated heterocycles. The summed E-state index contributed by atoms with van der Waals surface area (Å²) in [4.78, 5) is 24.9. The summed E-state index contributed by atoms with van der Waals surface area (Å²) in [5.74, 6) is -0.129. The molecule has 1 N–H and O–H groups in total. The number of hydrogen-bond donors (Lipinski definition) is 1. The summed E-state index contributed by atoms with van der Waals surface area (Å²) in [6, 6.07) is 4.78. The molecule has 0 spiro atoms. The summed E-state index contributed by atoms with van der Waals surface area (Å²) in [6.45, 7) is 1.21. The molecule has 2 aromatic rings. The zero-order valence-corrected chi connectivity index (χ0v) is 19.0. The molecule has 0 aromatic heterocycles.